The van der Waals surface area contributed by atoms with E-state index in [1.54, 1.807) is 0 Å². The molecule has 2 rings (SSSR count). The Labute approximate surface area is 122 Å². The molecule has 0 aromatic carbocycles. The van der Waals surface area contributed by atoms with E-state index in [0.29, 0.717) is 0 Å². The number of rotatable bonds is 2. The second kappa shape index (κ2) is 5.60. The lowest BCUT2D eigenvalue weighted by Crippen LogP contribution is -2.67. The Hall–Kier alpha value is -1.29. The molecule has 2 aliphatic rings. The van der Waals surface area contributed by atoms with Crippen molar-refractivity contribution < 1.29 is 9.63 Å². The van der Waals surface area contributed by atoms with Gasteiger partial charge in [0, 0.05) is 31.6 Å². The SMILES string of the molecule is CC(=O)ON1CCCCC1(N1C=CC=CC1)C(C)(C)C. The van der Waals surface area contributed by atoms with Crippen LogP contribution in [0, 0.1) is 5.41 Å². The van der Waals surface area contributed by atoms with Crippen LogP contribution >= 0.6 is 0 Å². The normalized spacial score (nSPS) is 27.7. The third kappa shape index (κ3) is 2.62. The van der Waals surface area contributed by atoms with Crippen LogP contribution in [0.15, 0.2) is 24.4 Å². The van der Waals surface area contributed by atoms with Gasteiger partial charge in [0.1, 0.15) is 5.66 Å². The zero-order valence-corrected chi connectivity index (χ0v) is 13.1. The fourth-order valence-electron chi connectivity index (χ4n) is 3.42. The standard InChI is InChI=1S/C16H26N2O2/c1-14(19)20-18-13-9-6-10-16(18,15(2,3)4)17-11-7-5-8-12-17/h5,7-8,11H,6,9-10,12-13H2,1-4H3. The molecule has 1 saturated heterocycles. The van der Waals surface area contributed by atoms with Crippen LogP contribution in [0.2, 0.25) is 0 Å². The van der Waals surface area contributed by atoms with Crippen molar-refractivity contribution in [3.8, 4) is 0 Å². The highest BCUT2D eigenvalue weighted by atomic mass is 16.7. The summed E-state index contributed by atoms with van der Waals surface area (Å²) < 4.78 is 0. The molecule has 4 heteroatoms. The lowest BCUT2D eigenvalue weighted by molar-refractivity contribution is -0.285. The van der Waals surface area contributed by atoms with Crippen LogP contribution in [0.5, 0.6) is 0 Å². The maximum absolute atomic E-state index is 11.5. The molecule has 0 bridgehead atoms. The van der Waals surface area contributed by atoms with Crippen LogP contribution in [0.25, 0.3) is 0 Å². The van der Waals surface area contributed by atoms with E-state index in [2.05, 4.69) is 50.1 Å². The van der Waals surface area contributed by atoms with Crippen molar-refractivity contribution in [2.45, 2.75) is 52.6 Å². The topological polar surface area (TPSA) is 32.8 Å². The van der Waals surface area contributed by atoms with Gasteiger partial charge in [0.25, 0.3) is 0 Å². The summed E-state index contributed by atoms with van der Waals surface area (Å²) in [6.07, 6.45) is 11.6. The molecule has 2 heterocycles. The van der Waals surface area contributed by atoms with E-state index in [0.717, 1.165) is 32.4 Å². The quantitative estimate of drug-likeness (QED) is 0.777. The molecule has 0 amide bonds. The van der Waals surface area contributed by atoms with Crippen LogP contribution in [-0.2, 0) is 9.63 Å². The largest absolute Gasteiger partial charge is 0.366 e. The fourth-order valence-corrected chi connectivity index (χ4v) is 3.42. The molecule has 0 radical (unpaired) electrons. The van der Waals surface area contributed by atoms with Crippen molar-refractivity contribution in [2.24, 2.45) is 5.41 Å². The molecule has 0 spiro atoms. The molecular formula is C16H26N2O2. The van der Waals surface area contributed by atoms with E-state index < -0.39 is 0 Å². The molecule has 1 atom stereocenters. The molecule has 0 aromatic heterocycles. The van der Waals surface area contributed by atoms with Gasteiger partial charge >= 0.3 is 5.97 Å². The number of piperidine rings is 1. The number of carbonyl (C=O) groups is 1. The summed E-state index contributed by atoms with van der Waals surface area (Å²) in [6.45, 7) is 9.80. The Bertz CT molecular complexity index is 423. The maximum atomic E-state index is 11.5. The second-order valence-electron chi connectivity index (χ2n) is 6.63. The molecule has 4 nitrogen and oxygen atoms in total. The smallest absolute Gasteiger partial charge is 0.322 e. The van der Waals surface area contributed by atoms with Crippen LogP contribution < -0.4 is 0 Å². The number of allylic oxidation sites excluding steroid dienone is 2. The molecule has 0 aliphatic carbocycles. The van der Waals surface area contributed by atoms with Crippen LogP contribution in [-0.4, -0.2) is 34.7 Å². The molecule has 1 fully saturated rings. The highest BCUT2D eigenvalue weighted by Crippen LogP contribution is 2.45. The monoisotopic (exact) mass is 278 g/mol. The number of hydrogen-bond acceptors (Lipinski definition) is 4. The Kier molecular flexibility index (Phi) is 4.23. The van der Waals surface area contributed by atoms with Gasteiger partial charge in [0.15, 0.2) is 0 Å². The third-order valence-corrected chi connectivity index (χ3v) is 4.28. The zero-order valence-electron chi connectivity index (χ0n) is 13.1. The summed E-state index contributed by atoms with van der Waals surface area (Å²) >= 11 is 0. The molecular weight excluding hydrogens is 252 g/mol. The highest BCUT2D eigenvalue weighted by Gasteiger charge is 2.53. The lowest BCUT2D eigenvalue weighted by atomic mass is 9.74. The molecule has 0 aromatic rings. The average molecular weight is 278 g/mol. The predicted octanol–water partition coefficient (Wildman–Crippen LogP) is 3.08. The first kappa shape index (κ1) is 15.1. The first-order chi connectivity index (χ1) is 9.38. The Morgan fingerprint density at radius 1 is 1.25 bits per heavy atom. The molecule has 112 valence electrons. The number of hydroxylamine groups is 2. The van der Waals surface area contributed by atoms with Crippen molar-refractivity contribution in [3.05, 3.63) is 24.4 Å². The summed E-state index contributed by atoms with van der Waals surface area (Å²) in [5, 5.41) is 1.92. The number of nitrogens with zero attached hydrogens (tertiary/aromatic N) is 2. The van der Waals surface area contributed by atoms with Gasteiger partial charge in [-0.2, -0.15) is 0 Å². The molecule has 20 heavy (non-hydrogen) atoms. The molecule has 0 saturated carbocycles. The lowest BCUT2D eigenvalue weighted by Gasteiger charge is -2.58. The van der Waals surface area contributed by atoms with Gasteiger partial charge in [0.2, 0.25) is 0 Å². The van der Waals surface area contributed by atoms with Gasteiger partial charge < -0.3 is 9.74 Å². The highest BCUT2D eigenvalue weighted by molar-refractivity contribution is 5.65. The summed E-state index contributed by atoms with van der Waals surface area (Å²) in [7, 11) is 0. The minimum absolute atomic E-state index is 0.0294. The Balaban J connectivity index is 2.40. The van der Waals surface area contributed by atoms with Gasteiger partial charge in [0.05, 0.1) is 0 Å². The van der Waals surface area contributed by atoms with E-state index >= 15 is 0 Å². The minimum Gasteiger partial charge on any atom is -0.366 e. The Morgan fingerprint density at radius 2 is 2.00 bits per heavy atom. The zero-order chi connectivity index (χ0) is 14.8. The summed E-state index contributed by atoms with van der Waals surface area (Å²) in [4.78, 5) is 19.4. The van der Waals surface area contributed by atoms with Crippen molar-refractivity contribution in [1.82, 2.24) is 9.96 Å². The summed E-state index contributed by atoms with van der Waals surface area (Å²) in [5.74, 6) is -0.239. The van der Waals surface area contributed by atoms with Gasteiger partial charge in [-0.25, -0.2) is 0 Å². The first-order valence-corrected chi connectivity index (χ1v) is 7.44. The maximum Gasteiger partial charge on any atom is 0.322 e. The second-order valence-corrected chi connectivity index (χ2v) is 6.63. The van der Waals surface area contributed by atoms with Crippen molar-refractivity contribution >= 4 is 5.97 Å². The number of carbonyl (C=O) groups excluding carboxylic acids is 1. The van der Waals surface area contributed by atoms with E-state index in [-0.39, 0.29) is 17.0 Å². The van der Waals surface area contributed by atoms with Crippen LogP contribution in [0.4, 0.5) is 0 Å². The van der Waals surface area contributed by atoms with Crippen molar-refractivity contribution in [2.75, 3.05) is 13.1 Å². The van der Waals surface area contributed by atoms with Crippen molar-refractivity contribution in [1.29, 1.82) is 0 Å². The van der Waals surface area contributed by atoms with E-state index in [1.165, 1.54) is 6.92 Å². The Morgan fingerprint density at radius 3 is 2.55 bits per heavy atom. The molecule has 0 N–H and O–H groups in total. The van der Waals surface area contributed by atoms with Crippen LogP contribution in [0.1, 0.15) is 47.0 Å². The van der Waals surface area contributed by atoms with Gasteiger partial charge in [-0.3, -0.25) is 4.79 Å². The number of hydrogen-bond donors (Lipinski definition) is 0. The third-order valence-electron chi connectivity index (χ3n) is 4.28. The first-order valence-electron chi connectivity index (χ1n) is 7.44. The summed E-state index contributed by atoms with van der Waals surface area (Å²) in [6, 6.07) is 0. The van der Waals surface area contributed by atoms with E-state index in [1.807, 2.05) is 5.06 Å². The molecule has 2 aliphatic heterocycles. The fraction of sp³-hybridized carbons (Fsp3) is 0.688. The van der Waals surface area contributed by atoms with Gasteiger partial charge in [-0.15, -0.1) is 5.06 Å². The van der Waals surface area contributed by atoms with Gasteiger partial charge in [-0.1, -0.05) is 32.9 Å². The van der Waals surface area contributed by atoms with E-state index in [9.17, 15) is 4.79 Å². The van der Waals surface area contributed by atoms with E-state index in [4.69, 9.17) is 4.84 Å². The minimum atomic E-state index is -0.280. The summed E-state index contributed by atoms with van der Waals surface area (Å²) in [5.41, 5.74) is -0.309. The average Bonchev–Trinajstić information content (AvgIpc) is 2.38. The van der Waals surface area contributed by atoms with Crippen molar-refractivity contribution in [3.63, 3.8) is 0 Å². The van der Waals surface area contributed by atoms with Crippen LogP contribution in [0.3, 0.4) is 0 Å². The predicted molar refractivity (Wildman–Crippen MR) is 79.5 cm³/mol. The van der Waals surface area contributed by atoms with Gasteiger partial charge in [-0.05, 0) is 25.3 Å². The molecule has 1 unspecified atom stereocenters.